The zero-order chi connectivity index (χ0) is 37.3. The second kappa shape index (κ2) is 16.6. The molecule has 0 bridgehead atoms. The number of anilines is 2. The maximum atomic E-state index is 14.1. The van der Waals surface area contributed by atoms with Crippen molar-refractivity contribution in [2.24, 2.45) is 0 Å². The van der Waals surface area contributed by atoms with E-state index in [2.05, 4.69) is 35.8 Å². The van der Waals surface area contributed by atoms with E-state index in [-0.39, 0.29) is 52.3 Å². The molecule has 3 aromatic carbocycles. The average Bonchev–Trinajstić information content (AvgIpc) is 3.12. The Hall–Kier alpha value is -5.69. The molecule has 0 unspecified atom stereocenters. The maximum Gasteiger partial charge on any atom is 0.263 e. The van der Waals surface area contributed by atoms with Crippen LogP contribution in [0.25, 0.3) is 22.5 Å². The highest BCUT2D eigenvalue weighted by Crippen LogP contribution is 2.42. The molecule has 0 fully saturated rings. The molecule has 0 aliphatic rings. The van der Waals surface area contributed by atoms with Crippen LogP contribution in [0.15, 0.2) is 96.0 Å². The van der Waals surface area contributed by atoms with Crippen molar-refractivity contribution in [2.45, 2.75) is 51.3 Å². The fourth-order valence-electron chi connectivity index (χ4n) is 5.25. The normalized spacial score (nSPS) is 11.4. The number of rotatable bonds is 15. The summed E-state index contributed by atoms with van der Waals surface area (Å²) in [6, 6.07) is 24.2. The number of sulfonamides is 1. The fourth-order valence-corrected chi connectivity index (χ4v) is 6.26. The minimum Gasteiger partial charge on any atom is -0.496 e. The summed E-state index contributed by atoms with van der Waals surface area (Å²) in [7, 11) is -2.69. The summed E-state index contributed by atoms with van der Waals surface area (Å²) in [5.41, 5.74) is 1.96. The van der Waals surface area contributed by atoms with Gasteiger partial charge in [0.2, 0.25) is 11.8 Å². The van der Waals surface area contributed by atoms with Gasteiger partial charge in [0, 0.05) is 23.4 Å². The Morgan fingerprint density at radius 2 is 1.50 bits per heavy atom. The number of hydrogen-bond acceptors (Lipinski definition) is 10. The highest BCUT2D eigenvalue weighted by molar-refractivity contribution is 7.92. The molecule has 1 amide bonds. The summed E-state index contributed by atoms with van der Waals surface area (Å²) >= 11 is 0. The molecule has 0 atom stereocenters. The Morgan fingerprint density at radius 1 is 0.827 bits per heavy atom. The third-order valence-corrected chi connectivity index (χ3v) is 9.13. The summed E-state index contributed by atoms with van der Waals surface area (Å²) in [5, 5.41) is 2.74. The van der Waals surface area contributed by atoms with Gasteiger partial charge in [0.05, 0.1) is 43.8 Å². The first-order valence-corrected chi connectivity index (χ1v) is 18.3. The molecule has 2 aromatic heterocycles. The van der Waals surface area contributed by atoms with E-state index in [0.29, 0.717) is 47.4 Å². The Labute approximate surface area is 304 Å². The van der Waals surface area contributed by atoms with Crippen molar-refractivity contribution >= 4 is 27.6 Å². The molecule has 0 aliphatic carbocycles. The number of hydrogen-bond donors (Lipinski definition) is 2. The quantitative estimate of drug-likeness (QED) is 0.111. The van der Waals surface area contributed by atoms with Crippen LogP contribution in [0.5, 0.6) is 23.1 Å². The number of carbonyl (C=O) groups excluding carboxylic acids is 1. The lowest BCUT2D eigenvalue weighted by Crippen LogP contribution is -2.18. The van der Waals surface area contributed by atoms with Gasteiger partial charge in [-0.2, -0.15) is 4.98 Å². The second-order valence-corrected chi connectivity index (χ2v) is 14.3. The predicted octanol–water partition coefficient (Wildman–Crippen LogP) is 7.52. The van der Waals surface area contributed by atoms with E-state index in [0.717, 1.165) is 5.56 Å². The smallest absolute Gasteiger partial charge is 0.263 e. The van der Waals surface area contributed by atoms with Gasteiger partial charge in [-0.1, -0.05) is 57.2 Å². The molecular formula is C39H43N5O7S. The largest absolute Gasteiger partial charge is 0.496 e. The van der Waals surface area contributed by atoms with Gasteiger partial charge in [-0.05, 0) is 67.3 Å². The van der Waals surface area contributed by atoms with Gasteiger partial charge in [0.25, 0.3) is 10.0 Å². The highest BCUT2D eigenvalue weighted by atomic mass is 32.2. The number of benzene rings is 3. The zero-order valence-corrected chi connectivity index (χ0v) is 30.9. The van der Waals surface area contributed by atoms with Crippen molar-refractivity contribution in [1.82, 2.24) is 15.0 Å². The summed E-state index contributed by atoms with van der Waals surface area (Å²) in [6.07, 6.45) is 1.52. The van der Waals surface area contributed by atoms with Gasteiger partial charge in [-0.3, -0.25) is 9.52 Å². The molecule has 12 nitrogen and oxygen atoms in total. The second-order valence-electron chi connectivity index (χ2n) is 12.6. The van der Waals surface area contributed by atoms with Crippen LogP contribution in [-0.2, 0) is 20.2 Å². The van der Waals surface area contributed by atoms with Gasteiger partial charge in [0.15, 0.2) is 11.6 Å². The first-order chi connectivity index (χ1) is 24.9. The van der Waals surface area contributed by atoms with Crippen LogP contribution in [0.2, 0.25) is 0 Å². The lowest BCUT2D eigenvalue weighted by atomic mass is 9.87. The lowest BCUT2D eigenvalue weighted by Gasteiger charge is -2.20. The Balaban J connectivity index is 1.65. The van der Waals surface area contributed by atoms with Crippen LogP contribution in [0.4, 0.5) is 11.6 Å². The Morgan fingerprint density at radius 3 is 2.12 bits per heavy atom. The van der Waals surface area contributed by atoms with Crippen LogP contribution in [-0.4, -0.2) is 56.2 Å². The molecule has 0 spiro atoms. The van der Waals surface area contributed by atoms with Gasteiger partial charge in [0.1, 0.15) is 23.1 Å². The number of pyridine rings is 1. The van der Waals surface area contributed by atoms with E-state index in [1.807, 2.05) is 13.8 Å². The number of nitrogens with zero attached hydrogens (tertiary/aromatic N) is 3. The maximum absolute atomic E-state index is 14.1. The van der Waals surface area contributed by atoms with Crippen LogP contribution in [0, 0.1) is 0 Å². The van der Waals surface area contributed by atoms with Crippen molar-refractivity contribution in [3.63, 3.8) is 0 Å². The van der Waals surface area contributed by atoms with E-state index in [9.17, 15) is 13.2 Å². The van der Waals surface area contributed by atoms with E-state index in [1.54, 1.807) is 91.1 Å². The zero-order valence-electron chi connectivity index (χ0n) is 30.1. The third kappa shape index (κ3) is 9.34. The molecule has 0 saturated heterocycles. The van der Waals surface area contributed by atoms with Crippen LogP contribution >= 0.6 is 0 Å². The van der Waals surface area contributed by atoms with E-state index < -0.39 is 10.0 Å². The van der Waals surface area contributed by atoms with Crippen molar-refractivity contribution in [3.05, 3.63) is 96.7 Å². The van der Waals surface area contributed by atoms with Gasteiger partial charge < -0.3 is 24.3 Å². The fraction of sp³-hybridized carbons (Fsp3) is 0.282. The molecule has 13 heteroatoms. The first kappa shape index (κ1) is 37.6. The number of aromatic nitrogens is 3. The molecule has 2 heterocycles. The SMILES string of the molecule is CCOc1cc(OCC)cc(-c2nc(NS(=O)(=O)c3ccc(C(C)(C)C)cc3)c(-c3ccccc3OC)c(OCCC(=O)Nc3ccccn3)n2)c1. The number of nitrogens with one attached hydrogen (secondary N) is 2. The van der Waals surface area contributed by atoms with E-state index >= 15 is 0 Å². The van der Waals surface area contributed by atoms with Gasteiger partial charge >= 0.3 is 0 Å². The highest BCUT2D eigenvalue weighted by Gasteiger charge is 2.27. The van der Waals surface area contributed by atoms with Crippen molar-refractivity contribution in [3.8, 4) is 45.6 Å². The topological polar surface area (TPSA) is 151 Å². The number of amides is 1. The minimum atomic E-state index is -4.20. The molecule has 0 saturated carbocycles. The van der Waals surface area contributed by atoms with E-state index in [4.69, 9.17) is 28.9 Å². The van der Waals surface area contributed by atoms with Crippen LogP contribution < -0.4 is 29.0 Å². The monoisotopic (exact) mass is 725 g/mol. The van der Waals surface area contributed by atoms with Gasteiger partial charge in [-0.15, -0.1) is 0 Å². The molecule has 0 aliphatic heterocycles. The number of ether oxygens (including phenoxy) is 4. The molecule has 5 rings (SSSR count). The summed E-state index contributed by atoms with van der Waals surface area (Å²) < 4.78 is 54.4. The summed E-state index contributed by atoms with van der Waals surface area (Å²) in [6.45, 7) is 10.6. The predicted molar refractivity (Wildman–Crippen MR) is 201 cm³/mol. The Kier molecular flexibility index (Phi) is 12.0. The van der Waals surface area contributed by atoms with Crippen molar-refractivity contribution in [1.29, 1.82) is 0 Å². The molecule has 2 N–H and O–H groups in total. The van der Waals surface area contributed by atoms with Gasteiger partial charge in [-0.25, -0.2) is 18.4 Å². The van der Waals surface area contributed by atoms with Crippen LogP contribution in [0.3, 0.4) is 0 Å². The molecular weight excluding hydrogens is 683 g/mol. The Bertz CT molecular complexity index is 2080. The third-order valence-electron chi connectivity index (χ3n) is 7.77. The number of para-hydroxylation sites is 1. The number of methoxy groups -OCH3 is 1. The average molecular weight is 726 g/mol. The van der Waals surface area contributed by atoms with Crippen LogP contribution in [0.1, 0.15) is 46.6 Å². The molecule has 52 heavy (non-hydrogen) atoms. The standard InChI is InChI=1S/C39H43N5O7S/c1-7-49-28-23-26(24-29(25-28)50-8-2)36-42-37(44-52(46,47)30-18-16-27(17-19-30)39(3,4)5)35(31-13-9-10-14-32(31)48-6)38(43-36)51-22-20-34(45)41-33-15-11-12-21-40-33/h9-19,21,23-25H,7-8,20,22H2,1-6H3,(H,40,41,45)(H,42,43,44). The first-order valence-electron chi connectivity index (χ1n) is 16.8. The lowest BCUT2D eigenvalue weighted by molar-refractivity contribution is -0.116. The summed E-state index contributed by atoms with van der Waals surface area (Å²) in [5.74, 6) is 1.57. The summed E-state index contributed by atoms with van der Waals surface area (Å²) in [4.78, 5) is 26.6. The van der Waals surface area contributed by atoms with Crippen molar-refractivity contribution in [2.75, 3.05) is 37.0 Å². The molecule has 0 radical (unpaired) electrons. The van der Waals surface area contributed by atoms with Crippen molar-refractivity contribution < 1.29 is 32.2 Å². The number of carbonyl (C=O) groups is 1. The minimum absolute atomic E-state index is 0.0145. The molecule has 5 aromatic rings. The molecule has 272 valence electrons. The van der Waals surface area contributed by atoms with E-state index in [1.165, 1.54) is 7.11 Å².